The first kappa shape index (κ1) is 21.9. The highest BCUT2D eigenvalue weighted by molar-refractivity contribution is 5.97. The summed E-state index contributed by atoms with van der Waals surface area (Å²) in [5, 5.41) is 0. The predicted molar refractivity (Wildman–Crippen MR) is 117 cm³/mol. The normalized spacial score (nSPS) is 20.6. The fourth-order valence-corrected chi connectivity index (χ4v) is 4.36. The van der Waals surface area contributed by atoms with Crippen molar-refractivity contribution in [2.45, 2.75) is 40.0 Å². The Morgan fingerprint density at radius 3 is 2.31 bits per heavy atom. The fourth-order valence-electron chi connectivity index (χ4n) is 4.36. The Bertz CT molecular complexity index is 675. The Morgan fingerprint density at radius 1 is 1.07 bits per heavy atom. The van der Waals surface area contributed by atoms with E-state index in [1.54, 1.807) is 13.1 Å². The Kier molecular flexibility index (Phi) is 7.78. The van der Waals surface area contributed by atoms with Crippen LogP contribution in [0.25, 0.3) is 0 Å². The number of likely N-dealkylation sites (tertiary alicyclic amines) is 1. The van der Waals surface area contributed by atoms with Gasteiger partial charge in [-0.25, -0.2) is 4.98 Å². The zero-order valence-electron chi connectivity index (χ0n) is 18.3. The number of ketones is 2. The largest absolute Gasteiger partial charge is 0.354 e. The van der Waals surface area contributed by atoms with Gasteiger partial charge in [-0.05, 0) is 57.3 Å². The lowest BCUT2D eigenvalue weighted by Crippen LogP contribution is -2.49. The van der Waals surface area contributed by atoms with Crippen LogP contribution in [-0.4, -0.2) is 78.7 Å². The highest BCUT2D eigenvalue weighted by Crippen LogP contribution is 2.21. The molecule has 2 aliphatic rings. The second-order valence-corrected chi connectivity index (χ2v) is 8.79. The number of hydrogen-bond donors (Lipinski definition) is 0. The Balaban J connectivity index is 1.43. The lowest BCUT2D eigenvalue weighted by atomic mass is 9.95. The lowest BCUT2D eigenvalue weighted by molar-refractivity contribution is -0.118. The summed E-state index contributed by atoms with van der Waals surface area (Å²) in [5.74, 6) is 2.23. The van der Waals surface area contributed by atoms with Gasteiger partial charge in [0, 0.05) is 50.4 Å². The van der Waals surface area contributed by atoms with E-state index in [2.05, 4.69) is 19.7 Å². The number of anilines is 1. The number of aromatic nitrogens is 1. The van der Waals surface area contributed by atoms with Crippen LogP contribution in [0.1, 0.15) is 50.4 Å². The first-order valence-corrected chi connectivity index (χ1v) is 11.2. The van der Waals surface area contributed by atoms with Crippen LogP contribution in [0.4, 0.5) is 5.82 Å². The number of Topliss-reactive ketones (excluding diaryl/α,β-unsaturated/α-hetero) is 2. The summed E-state index contributed by atoms with van der Waals surface area (Å²) in [5.41, 5.74) is 0.720. The molecule has 0 amide bonds. The molecule has 1 unspecified atom stereocenters. The first-order valence-electron chi connectivity index (χ1n) is 11.2. The van der Waals surface area contributed by atoms with Crippen molar-refractivity contribution in [3.63, 3.8) is 0 Å². The van der Waals surface area contributed by atoms with Crippen molar-refractivity contribution in [1.82, 2.24) is 14.8 Å². The van der Waals surface area contributed by atoms with Crippen molar-refractivity contribution in [1.29, 1.82) is 0 Å². The van der Waals surface area contributed by atoms with Crippen molar-refractivity contribution in [2.24, 2.45) is 11.8 Å². The minimum atomic E-state index is 0.0560. The molecule has 0 spiro atoms. The summed E-state index contributed by atoms with van der Waals surface area (Å²) in [4.78, 5) is 35.3. The van der Waals surface area contributed by atoms with Gasteiger partial charge in [0.05, 0.1) is 6.54 Å². The Labute approximate surface area is 175 Å². The third kappa shape index (κ3) is 6.09. The van der Waals surface area contributed by atoms with Gasteiger partial charge in [0.25, 0.3) is 0 Å². The van der Waals surface area contributed by atoms with Gasteiger partial charge in [-0.2, -0.15) is 0 Å². The zero-order chi connectivity index (χ0) is 20.8. The molecule has 6 heteroatoms. The van der Waals surface area contributed by atoms with E-state index in [1.165, 1.54) is 12.8 Å². The fraction of sp³-hybridized carbons (Fsp3) is 0.696. The number of nitrogens with zero attached hydrogens (tertiary/aromatic N) is 4. The molecule has 0 saturated carbocycles. The molecule has 29 heavy (non-hydrogen) atoms. The summed E-state index contributed by atoms with van der Waals surface area (Å²) in [7, 11) is 0. The SMILES string of the molecule is CCC(C)C(=O)c1ccc(N2CCN(CC3CCN(CC(C)=O)CC3)CC2)nc1. The van der Waals surface area contributed by atoms with Crippen LogP contribution in [0, 0.1) is 11.8 Å². The Hall–Kier alpha value is -1.79. The van der Waals surface area contributed by atoms with Gasteiger partial charge in [-0.1, -0.05) is 13.8 Å². The van der Waals surface area contributed by atoms with E-state index in [1.807, 2.05) is 26.0 Å². The van der Waals surface area contributed by atoms with Crippen molar-refractivity contribution in [3.8, 4) is 0 Å². The smallest absolute Gasteiger partial charge is 0.167 e. The number of pyridine rings is 1. The summed E-state index contributed by atoms with van der Waals surface area (Å²) >= 11 is 0. The van der Waals surface area contributed by atoms with Crippen molar-refractivity contribution in [3.05, 3.63) is 23.9 Å². The lowest BCUT2D eigenvalue weighted by Gasteiger charge is -2.39. The van der Waals surface area contributed by atoms with Gasteiger partial charge in [-0.15, -0.1) is 0 Å². The number of rotatable bonds is 8. The quantitative estimate of drug-likeness (QED) is 0.626. The topological polar surface area (TPSA) is 56.8 Å². The van der Waals surface area contributed by atoms with E-state index >= 15 is 0 Å². The van der Waals surface area contributed by atoms with Gasteiger partial charge in [-0.3, -0.25) is 19.4 Å². The standard InChI is InChI=1S/C23H36N4O2/c1-4-18(2)23(29)21-5-6-22(24-15-21)27-13-11-26(12-14-27)17-20-7-9-25(10-8-20)16-19(3)28/h5-6,15,18,20H,4,7-14,16-17H2,1-3H3. The second kappa shape index (κ2) is 10.3. The molecule has 160 valence electrons. The third-order valence-corrected chi connectivity index (χ3v) is 6.46. The third-order valence-electron chi connectivity index (χ3n) is 6.46. The summed E-state index contributed by atoms with van der Waals surface area (Å²) in [6.45, 7) is 13.7. The summed E-state index contributed by atoms with van der Waals surface area (Å²) < 4.78 is 0. The summed E-state index contributed by atoms with van der Waals surface area (Å²) in [6.07, 6.45) is 4.99. The van der Waals surface area contributed by atoms with Crippen molar-refractivity contribution in [2.75, 3.05) is 57.3 Å². The van der Waals surface area contributed by atoms with E-state index in [0.717, 1.165) is 69.5 Å². The van der Waals surface area contributed by atoms with E-state index in [9.17, 15) is 9.59 Å². The Morgan fingerprint density at radius 2 is 1.76 bits per heavy atom. The monoisotopic (exact) mass is 400 g/mol. The molecule has 0 radical (unpaired) electrons. The molecule has 1 aromatic heterocycles. The molecule has 3 rings (SSSR count). The van der Waals surface area contributed by atoms with Crippen LogP contribution < -0.4 is 4.90 Å². The highest BCUT2D eigenvalue weighted by atomic mass is 16.1. The van der Waals surface area contributed by atoms with E-state index < -0.39 is 0 Å². The van der Waals surface area contributed by atoms with Crippen LogP contribution in [0.15, 0.2) is 18.3 Å². The molecule has 0 aromatic carbocycles. The van der Waals surface area contributed by atoms with Crippen LogP contribution >= 0.6 is 0 Å². The van der Waals surface area contributed by atoms with Gasteiger partial charge in [0.1, 0.15) is 11.6 Å². The van der Waals surface area contributed by atoms with Crippen LogP contribution in [0.5, 0.6) is 0 Å². The number of piperazine rings is 1. The molecule has 6 nitrogen and oxygen atoms in total. The second-order valence-electron chi connectivity index (χ2n) is 8.79. The van der Waals surface area contributed by atoms with Crippen molar-refractivity contribution < 1.29 is 9.59 Å². The molecule has 0 aliphatic carbocycles. The molecule has 0 bridgehead atoms. The van der Waals surface area contributed by atoms with E-state index in [0.29, 0.717) is 6.54 Å². The predicted octanol–water partition coefficient (Wildman–Crippen LogP) is 2.73. The molecule has 3 heterocycles. The zero-order valence-corrected chi connectivity index (χ0v) is 18.3. The number of hydrogen-bond acceptors (Lipinski definition) is 6. The average Bonchev–Trinajstić information content (AvgIpc) is 2.74. The van der Waals surface area contributed by atoms with Crippen molar-refractivity contribution >= 4 is 17.4 Å². The molecule has 2 aliphatic heterocycles. The van der Waals surface area contributed by atoms with Gasteiger partial charge >= 0.3 is 0 Å². The number of carbonyl (C=O) groups excluding carboxylic acids is 2. The first-order chi connectivity index (χ1) is 14.0. The molecular formula is C23H36N4O2. The maximum atomic E-state index is 12.3. The molecule has 1 atom stereocenters. The summed E-state index contributed by atoms with van der Waals surface area (Å²) in [6, 6.07) is 3.92. The van der Waals surface area contributed by atoms with Gasteiger partial charge in [0.2, 0.25) is 0 Å². The van der Waals surface area contributed by atoms with Crippen LogP contribution in [0.2, 0.25) is 0 Å². The van der Waals surface area contributed by atoms with Gasteiger partial charge < -0.3 is 4.90 Å². The van der Waals surface area contributed by atoms with Crippen LogP contribution in [-0.2, 0) is 4.79 Å². The minimum absolute atomic E-state index is 0.0560. The minimum Gasteiger partial charge on any atom is -0.354 e. The molecule has 0 N–H and O–H groups in total. The highest BCUT2D eigenvalue weighted by Gasteiger charge is 2.25. The van der Waals surface area contributed by atoms with E-state index in [4.69, 9.17) is 0 Å². The molecule has 2 fully saturated rings. The van der Waals surface area contributed by atoms with Gasteiger partial charge in [0.15, 0.2) is 5.78 Å². The molecular weight excluding hydrogens is 364 g/mol. The number of piperidine rings is 1. The maximum absolute atomic E-state index is 12.3. The average molecular weight is 401 g/mol. The van der Waals surface area contributed by atoms with Crippen LogP contribution in [0.3, 0.4) is 0 Å². The molecule has 2 saturated heterocycles. The maximum Gasteiger partial charge on any atom is 0.167 e. The molecule has 1 aromatic rings. The number of carbonyl (C=O) groups is 2. The van der Waals surface area contributed by atoms with E-state index in [-0.39, 0.29) is 17.5 Å².